The summed E-state index contributed by atoms with van der Waals surface area (Å²) in [4.78, 5) is 1.30. The standard InChI is InChI=1S/C11H14Cl2S/c12-9-5-3-1-2-4-8(9)11-10(13)6-7-14-11/h6-9H,1-5H2. The van der Waals surface area contributed by atoms with Crippen LogP contribution in [0, 0.1) is 0 Å². The topological polar surface area (TPSA) is 0 Å². The van der Waals surface area contributed by atoms with Crippen molar-refractivity contribution >= 4 is 34.5 Å². The summed E-state index contributed by atoms with van der Waals surface area (Å²) in [5.41, 5.74) is 0. The van der Waals surface area contributed by atoms with Crippen LogP contribution in [0.3, 0.4) is 0 Å². The maximum Gasteiger partial charge on any atom is 0.0548 e. The van der Waals surface area contributed by atoms with Crippen LogP contribution in [0.1, 0.15) is 42.9 Å². The van der Waals surface area contributed by atoms with E-state index in [0.717, 1.165) is 11.4 Å². The highest BCUT2D eigenvalue weighted by atomic mass is 35.5. The summed E-state index contributed by atoms with van der Waals surface area (Å²) in [6, 6.07) is 1.98. The normalized spacial score (nSPS) is 28.7. The van der Waals surface area contributed by atoms with E-state index in [-0.39, 0.29) is 5.38 Å². The first kappa shape index (κ1) is 10.8. The van der Waals surface area contributed by atoms with Crippen molar-refractivity contribution in [3.8, 4) is 0 Å². The second-order valence-corrected chi connectivity index (χ2v) is 5.81. The van der Waals surface area contributed by atoms with E-state index in [0.29, 0.717) is 5.92 Å². The Labute approximate surface area is 99.2 Å². The van der Waals surface area contributed by atoms with Crippen LogP contribution in [0.25, 0.3) is 0 Å². The Kier molecular flexibility index (Phi) is 3.75. The van der Waals surface area contributed by atoms with E-state index in [1.54, 1.807) is 11.3 Å². The zero-order chi connectivity index (χ0) is 9.97. The number of alkyl halides is 1. The summed E-state index contributed by atoms with van der Waals surface area (Å²) in [6.45, 7) is 0. The fourth-order valence-corrected chi connectivity index (χ4v) is 4.01. The van der Waals surface area contributed by atoms with Crippen molar-refractivity contribution in [2.45, 2.75) is 43.4 Å². The first-order chi connectivity index (χ1) is 6.79. The Hall–Kier alpha value is 0.280. The molecule has 2 unspecified atom stereocenters. The second-order valence-electron chi connectivity index (χ2n) is 3.89. The van der Waals surface area contributed by atoms with Gasteiger partial charge in [0, 0.05) is 16.2 Å². The Morgan fingerprint density at radius 2 is 2.00 bits per heavy atom. The van der Waals surface area contributed by atoms with E-state index in [1.807, 2.05) is 6.07 Å². The zero-order valence-electron chi connectivity index (χ0n) is 8.01. The van der Waals surface area contributed by atoms with Crippen molar-refractivity contribution in [1.82, 2.24) is 0 Å². The largest absolute Gasteiger partial charge is 0.147 e. The highest BCUT2D eigenvalue weighted by Gasteiger charge is 2.25. The highest BCUT2D eigenvalue weighted by Crippen LogP contribution is 2.40. The second kappa shape index (κ2) is 4.87. The van der Waals surface area contributed by atoms with Crippen molar-refractivity contribution in [1.29, 1.82) is 0 Å². The third-order valence-corrected chi connectivity index (χ3v) is 4.93. The van der Waals surface area contributed by atoms with Crippen LogP contribution in [0.5, 0.6) is 0 Å². The average molecular weight is 249 g/mol. The molecule has 0 spiro atoms. The molecule has 0 bridgehead atoms. The molecule has 1 saturated carbocycles. The maximum atomic E-state index is 6.40. The van der Waals surface area contributed by atoms with Crippen LogP contribution < -0.4 is 0 Å². The molecule has 1 aliphatic rings. The molecule has 2 rings (SSSR count). The molecular weight excluding hydrogens is 235 g/mol. The van der Waals surface area contributed by atoms with Gasteiger partial charge in [-0.3, -0.25) is 0 Å². The molecule has 3 heteroatoms. The molecule has 1 heterocycles. The van der Waals surface area contributed by atoms with E-state index >= 15 is 0 Å². The van der Waals surface area contributed by atoms with Gasteiger partial charge in [0.15, 0.2) is 0 Å². The number of halogens is 2. The molecular formula is C11H14Cl2S. The van der Waals surface area contributed by atoms with Gasteiger partial charge in [0.2, 0.25) is 0 Å². The van der Waals surface area contributed by atoms with Crippen LogP contribution in [0.15, 0.2) is 11.4 Å². The molecule has 0 aliphatic heterocycles. The molecule has 1 aliphatic carbocycles. The van der Waals surface area contributed by atoms with E-state index in [9.17, 15) is 0 Å². The van der Waals surface area contributed by atoms with Gasteiger partial charge in [-0.1, -0.05) is 30.9 Å². The minimum atomic E-state index is 0.286. The van der Waals surface area contributed by atoms with Gasteiger partial charge < -0.3 is 0 Å². The number of hydrogen-bond donors (Lipinski definition) is 0. The van der Waals surface area contributed by atoms with Gasteiger partial charge in [-0.25, -0.2) is 0 Å². The van der Waals surface area contributed by atoms with Crippen LogP contribution in [0.2, 0.25) is 5.02 Å². The summed E-state index contributed by atoms with van der Waals surface area (Å²) < 4.78 is 0. The van der Waals surface area contributed by atoms with Crippen molar-refractivity contribution in [3.63, 3.8) is 0 Å². The van der Waals surface area contributed by atoms with Gasteiger partial charge in [0.25, 0.3) is 0 Å². The van der Waals surface area contributed by atoms with E-state index < -0.39 is 0 Å². The number of rotatable bonds is 1. The minimum Gasteiger partial charge on any atom is -0.147 e. The van der Waals surface area contributed by atoms with Gasteiger partial charge in [-0.15, -0.1) is 22.9 Å². The van der Waals surface area contributed by atoms with Gasteiger partial charge in [-0.2, -0.15) is 0 Å². The van der Waals surface area contributed by atoms with Crippen molar-refractivity contribution in [2.24, 2.45) is 0 Å². The Bertz CT molecular complexity index is 295. The summed E-state index contributed by atoms with van der Waals surface area (Å²) in [5, 5.41) is 3.26. The molecule has 1 aromatic rings. The summed E-state index contributed by atoms with van der Waals surface area (Å²) in [5.74, 6) is 0.492. The van der Waals surface area contributed by atoms with Crippen LogP contribution in [0.4, 0.5) is 0 Å². The fourth-order valence-electron chi connectivity index (χ4n) is 2.13. The molecule has 2 atom stereocenters. The molecule has 0 nitrogen and oxygen atoms in total. The Morgan fingerprint density at radius 1 is 1.21 bits per heavy atom. The fraction of sp³-hybridized carbons (Fsp3) is 0.636. The average Bonchev–Trinajstić information content (AvgIpc) is 2.46. The lowest BCUT2D eigenvalue weighted by Crippen LogP contribution is -2.09. The summed E-state index contributed by atoms with van der Waals surface area (Å²) >= 11 is 14.3. The van der Waals surface area contributed by atoms with E-state index in [4.69, 9.17) is 23.2 Å². The van der Waals surface area contributed by atoms with Gasteiger partial charge >= 0.3 is 0 Å². The van der Waals surface area contributed by atoms with Gasteiger partial charge in [-0.05, 0) is 24.3 Å². The van der Waals surface area contributed by atoms with E-state index in [1.165, 1.54) is 30.6 Å². The van der Waals surface area contributed by atoms with E-state index in [2.05, 4.69) is 5.38 Å². The highest BCUT2D eigenvalue weighted by molar-refractivity contribution is 7.10. The van der Waals surface area contributed by atoms with Crippen LogP contribution >= 0.6 is 34.5 Å². The molecule has 1 aromatic heterocycles. The number of thiophene rings is 1. The third-order valence-electron chi connectivity index (χ3n) is 2.91. The number of hydrogen-bond acceptors (Lipinski definition) is 1. The molecule has 0 N–H and O–H groups in total. The lowest BCUT2D eigenvalue weighted by atomic mass is 9.98. The first-order valence-corrected chi connectivity index (χ1v) is 6.85. The van der Waals surface area contributed by atoms with Crippen molar-refractivity contribution < 1.29 is 0 Å². The molecule has 0 amide bonds. The maximum absolute atomic E-state index is 6.40. The predicted molar refractivity (Wildman–Crippen MR) is 64.8 cm³/mol. The predicted octanol–water partition coefficient (Wildman–Crippen LogP) is 5.06. The molecule has 0 aromatic carbocycles. The van der Waals surface area contributed by atoms with Crippen LogP contribution in [-0.2, 0) is 0 Å². The van der Waals surface area contributed by atoms with Gasteiger partial charge in [0.05, 0.1) is 5.02 Å². The smallest absolute Gasteiger partial charge is 0.0548 e. The zero-order valence-corrected chi connectivity index (χ0v) is 10.3. The lowest BCUT2D eigenvalue weighted by molar-refractivity contribution is 0.609. The molecule has 1 fully saturated rings. The summed E-state index contributed by atoms with van der Waals surface area (Å²) in [6.07, 6.45) is 6.23. The van der Waals surface area contributed by atoms with Crippen molar-refractivity contribution in [2.75, 3.05) is 0 Å². The minimum absolute atomic E-state index is 0.286. The summed E-state index contributed by atoms with van der Waals surface area (Å²) in [7, 11) is 0. The van der Waals surface area contributed by atoms with Crippen LogP contribution in [-0.4, -0.2) is 5.38 Å². The van der Waals surface area contributed by atoms with Gasteiger partial charge in [0.1, 0.15) is 0 Å². The molecule has 78 valence electrons. The quantitative estimate of drug-likeness (QED) is 0.482. The SMILES string of the molecule is Clc1ccsc1C1CCCCCC1Cl. The molecule has 14 heavy (non-hydrogen) atoms. The Morgan fingerprint density at radius 3 is 2.71 bits per heavy atom. The van der Waals surface area contributed by atoms with Crippen molar-refractivity contribution in [3.05, 3.63) is 21.3 Å². The lowest BCUT2D eigenvalue weighted by Gasteiger charge is -2.18. The Balaban J connectivity index is 2.19. The molecule has 0 saturated heterocycles. The monoisotopic (exact) mass is 248 g/mol. The third kappa shape index (κ3) is 2.26. The first-order valence-electron chi connectivity index (χ1n) is 5.16. The molecule has 0 radical (unpaired) electrons.